The number of halogens is 3. The van der Waals surface area contributed by atoms with Crippen molar-refractivity contribution in [2.24, 2.45) is 14.1 Å². The van der Waals surface area contributed by atoms with Crippen molar-refractivity contribution in [3.8, 4) is 22.6 Å². The van der Waals surface area contributed by atoms with Crippen molar-refractivity contribution in [2.75, 3.05) is 14.2 Å². The van der Waals surface area contributed by atoms with Gasteiger partial charge in [-0.2, -0.15) is 18.3 Å². The molecule has 0 fully saturated rings. The fourth-order valence-corrected chi connectivity index (χ4v) is 4.64. The van der Waals surface area contributed by atoms with E-state index >= 15 is 0 Å². The third-order valence-corrected chi connectivity index (χ3v) is 6.57. The van der Waals surface area contributed by atoms with Crippen LogP contribution in [0.5, 0.6) is 11.5 Å². The summed E-state index contributed by atoms with van der Waals surface area (Å²) < 4.78 is 58.2. The first-order valence-corrected chi connectivity index (χ1v) is 12.1. The lowest BCUT2D eigenvalue weighted by Gasteiger charge is -2.14. The van der Waals surface area contributed by atoms with Crippen LogP contribution in [0.4, 0.5) is 13.2 Å². The Kier molecular flexibility index (Phi) is 6.74. The van der Waals surface area contributed by atoms with Gasteiger partial charge in [0.15, 0.2) is 5.69 Å². The summed E-state index contributed by atoms with van der Waals surface area (Å²) in [5.41, 5.74) is -0.0140. The molecule has 13 heteroatoms. The normalized spacial score (nSPS) is 11.8. The van der Waals surface area contributed by atoms with Crippen LogP contribution < -0.4 is 20.7 Å². The number of hydrogen-bond donors (Lipinski definition) is 1. The highest BCUT2D eigenvalue weighted by Crippen LogP contribution is 2.38. The first-order valence-electron chi connectivity index (χ1n) is 12.1. The van der Waals surface area contributed by atoms with Crippen LogP contribution in [0.2, 0.25) is 0 Å². The molecule has 0 unspecified atom stereocenters. The van der Waals surface area contributed by atoms with Gasteiger partial charge in [-0.1, -0.05) is 0 Å². The summed E-state index contributed by atoms with van der Waals surface area (Å²) >= 11 is 0. The summed E-state index contributed by atoms with van der Waals surface area (Å²) in [5, 5.41) is 12.0. The van der Waals surface area contributed by atoms with Crippen molar-refractivity contribution < 1.29 is 22.6 Å². The predicted octanol–water partition coefficient (Wildman–Crippen LogP) is 3.55. The van der Waals surface area contributed by atoms with Gasteiger partial charge < -0.3 is 18.6 Å². The lowest BCUT2D eigenvalue weighted by atomic mass is 9.99. The molecule has 0 aliphatic carbocycles. The Morgan fingerprint density at radius 2 is 1.55 bits per heavy atom. The number of aromatic nitrogens is 6. The van der Waals surface area contributed by atoms with E-state index in [2.05, 4.69) is 10.1 Å². The average Bonchev–Trinajstić information content (AvgIpc) is 3.47. The highest BCUT2D eigenvalue weighted by molar-refractivity contribution is 5.94. The van der Waals surface area contributed by atoms with E-state index in [1.165, 1.54) is 38.4 Å². The summed E-state index contributed by atoms with van der Waals surface area (Å²) in [6.07, 6.45) is 1.25. The highest BCUT2D eigenvalue weighted by Gasteiger charge is 2.38. The van der Waals surface area contributed by atoms with Crippen LogP contribution in [-0.4, -0.2) is 42.7 Å². The second-order valence-corrected chi connectivity index (χ2v) is 9.36. The molecule has 0 radical (unpaired) electrons. The van der Waals surface area contributed by atoms with Gasteiger partial charge in [-0.15, -0.1) is 0 Å². The van der Waals surface area contributed by atoms with E-state index in [9.17, 15) is 18.0 Å². The van der Waals surface area contributed by atoms with Crippen molar-refractivity contribution in [1.29, 1.82) is 5.41 Å². The van der Waals surface area contributed by atoms with Gasteiger partial charge >= 0.3 is 6.18 Å². The van der Waals surface area contributed by atoms with Crippen LogP contribution in [0.1, 0.15) is 16.8 Å². The zero-order chi connectivity index (χ0) is 28.8. The molecule has 3 heterocycles. The number of imidazole rings is 1. The standard InChI is InChI=1S/C27H26F3N7O3/c1-34-5-6-36(26(34)31)12-17-9-20(22-14-35(2)33-24(22)27(28,29)30)23-21(10-17)25(38)37(15-32-23)13-16-7-18(39-3)11-19(8-16)40-4/h5-11,14-15,31H,12-13H2,1-4H3. The number of fused-ring (bicyclic) bond motifs is 1. The van der Waals surface area contributed by atoms with E-state index in [4.69, 9.17) is 14.9 Å². The molecule has 2 aromatic carbocycles. The van der Waals surface area contributed by atoms with E-state index in [-0.39, 0.29) is 40.7 Å². The minimum absolute atomic E-state index is 0.121. The minimum atomic E-state index is -4.72. The number of ether oxygens (including phenoxy) is 2. The molecule has 208 valence electrons. The number of rotatable bonds is 7. The van der Waals surface area contributed by atoms with Gasteiger partial charge in [-0.3, -0.25) is 19.5 Å². The minimum Gasteiger partial charge on any atom is -0.497 e. The van der Waals surface area contributed by atoms with Crippen LogP contribution in [0.3, 0.4) is 0 Å². The van der Waals surface area contributed by atoms with E-state index in [0.717, 1.165) is 4.68 Å². The number of hydrogen-bond acceptors (Lipinski definition) is 6. The zero-order valence-corrected chi connectivity index (χ0v) is 22.2. The average molecular weight is 554 g/mol. The largest absolute Gasteiger partial charge is 0.497 e. The monoisotopic (exact) mass is 553 g/mol. The van der Waals surface area contributed by atoms with Gasteiger partial charge in [0.2, 0.25) is 5.62 Å². The van der Waals surface area contributed by atoms with Crippen LogP contribution in [0.15, 0.2) is 60.0 Å². The fourth-order valence-electron chi connectivity index (χ4n) is 4.64. The van der Waals surface area contributed by atoms with E-state index in [1.807, 2.05) is 0 Å². The van der Waals surface area contributed by atoms with Crippen LogP contribution in [-0.2, 0) is 33.4 Å². The molecule has 0 aliphatic rings. The summed E-state index contributed by atoms with van der Waals surface area (Å²) in [7, 11) is 6.16. The summed E-state index contributed by atoms with van der Waals surface area (Å²) in [6, 6.07) is 8.40. The maximum absolute atomic E-state index is 13.9. The van der Waals surface area contributed by atoms with Crippen LogP contribution in [0, 0.1) is 5.41 Å². The first-order chi connectivity index (χ1) is 19.0. The Morgan fingerprint density at radius 3 is 2.15 bits per heavy atom. The predicted molar refractivity (Wildman–Crippen MR) is 140 cm³/mol. The first kappa shape index (κ1) is 26.8. The van der Waals surface area contributed by atoms with E-state index in [0.29, 0.717) is 22.6 Å². The SMILES string of the molecule is COc1cc(Cn2cnc3c(-c4cn(C)nc4C(F)(F)F)cc(Cn4ccn(C)c4=N)cc3c2=O)cc(OC)c1. The van der Waals surface area contributed by atoms with Crippen molar-refractivity contribution in [2.45, 2.75) is 19.3 Å². The molecule has 0 spiro atoms. The van der Waals surface area contributed by atoms with Crippen LogP contribution in [0.25, 0.3) is 22.0 Å². The summed E-state index contributed by atoms with van der Waals surface area (Å²) in [6.45, 7) is 0.283. The molecule has 40 heavy (non-hydrogen) atoms. The number of alkyl halides is 3. The van der Waals surface area contributed by atoms with E-state index < -0.39 is 17.4 Å². The number of nitrogens with zero attached hydrogens (tertiary/aromatic N) is 6. The zero-order valence-electron chi connectivity index (χ0n) is 22.2. The molecule has 0 bridgehead atoms. The van der Waals surface area contributed by atoms with Gasteiger partial charge in [0, 0.05) is 49.9 Å². The van der Waals surface area contributed by atoms with Crippen molar-refractivity contribution in [1.82, 2.24) is 28.5 Å². The highest BCUT2D eigenvalue weighted by atomic mass is 19.4. The number of benzene rings is 2. The fraction of sp³-hybridized carbons (Fsp3) is 0.259. The Morgan fingerprint density at radius 1 is 0.900 bits per heavy atom. The molecule has 0 aliphatic heterocycles. The Labute approximate surface area is 226 Å². The Balaban J connectivity index is 1.71. The molecule has 3 aromatic heterocycles. The molecule has 5 aromatic rings. The molecule has 0 amide bonds. The van der Waals surface area contributed by atoms with Gasteiger partial charge in [-0.05, 0) is 35.4 Å². The quantitative estimate of drug-likeness (QED) is 0.332. The molecule has 10 nitrogen and oxygen atoms in total. The molecule has 5 rings (SSSR count). The van der Waals surface area contributed by atoms with Gasteiger partial charge in [-0.25, -0.2) is 4.98 Å². The van der Waals surface area contributed by atoms with Gasteiger partial charge in [0.05, 0.1) is 44.5 Å². The topological polar surface area (TPSA) is 105 Å². The van der Waals surface area contributed by atoms with Crippen LogP contribution >= 0.6 is 0 Å². The summed E-state index contributed by atoms with van der Waals surface area (Å²) in [4.78, 5) is 18.2. The van der Waals surface area contributed by atoms with Crippen molar-refractivity contribution >= 4 is 10.9 Å². The lowest BCUT2D eigenvalue weighted by Crippen LogP contribution is -2.23. The second kappa shape index (κ2) is 10.1. The van der Waals surface area contributed by atoms with Crippen molar-refractivity contribution in [3.63, 3.8) is 0 Å². The van der Waals surface area contributed by atoms with Gasteiger partial charge in [0.1, 0.15) is 11.5 Å². The molecular weight excluding hydrogens is 527 g/mol. The lowest BCUT2D eigenvalue weighted by molar-refractivity contribution is -0.140. The molecule has 0 saturated heterocycles. The Hall–Kier alpha value is -4.81. The molecular formula is C27H26F3N7O3. The number of nitrogens with one attached hydrogen (secondary N) is 1. The maximum atomic E-state index is 13.9. The third-order valence-electron chi connectivity index (χ3n) is 6.57. The second-order valence-electron chi connectivity index (χ2n) is 9.36. The molecule has 1 N–H and O–H groups in total. The molecule has 0 atom stereocenters. The smallest absolute Gasteiger partial charge is 0.435 e. The summed E-state index contributed by atoms with van der Waals surface area (Å²) in [5.74, 6) is 1.09. The van der Waals surface area contributed by atoms with Gasteiger partial charge in [0.25, 0.3) is 5.56 Å². The third kappa shape index (κ3) is 4.97. The van der Waals surface area contributed by atoms with E-state index in [1.54, 1.807) is 58.9 Å². The Bertz CT molecular complexity index is 1820. The number of methoxy groups -OCH3 is 2. The van der Waals surface area contributed by atoms with Crippen molar-refractivity contribution in [3.05, 3.63) is 88.0 Å². The maximum Gasteiger partial charge on any atom is 0.435 e. The molecule has 0 saturated carbocycles. The number of aryl methyl sites for hydroxylation is 2.